The lowest BCUT2D eigenvalue weighted by Crippen LogP contribution is -2.42. The van der Waals surface area contributed by atoms with Crippen LogP contribution < -0.4 is 5.73 Å². The number of hydrogen-bond donors (Lipinski definition) is 2. The van der Waals surface area contributed by atoms with Crippen LogP contribution in [0.1, 0.15) is 0 Å². The van der Waals surface area contributed by atoms with Gasteiger partial charge in [0.15, 0.2) is 5.16 Å². The van der Waals surface area contributed by atoms with E-state index in [1.165, 1.54) is 0 Å². The lowest BCUT2D eigenvalue weighted by molar-refractivity contribution is -0.132. The molecule has 1 atom stereocenters. The van der Waals surface area contributed by atoms with Gasteiger partial charge in [-0.2, -0.15) is 0 Å². The van der Waals surface area contributed by atoms with Gasteiger partial charge in [0, 0.05) is 18.8 Å². The standard InChI is InChI=1S/C13H16N4O3S/c14-9-1-2-10-11(7-9)16-13(15-10)21(19)8-12(18)17-3-5-20-6-4-17/h1-2,7H,3-6,8,14H2,(H,15,16). The highest BCUT2D eigenvalue weighted by Crippen LogP contribution is 2.16. The number of benzene rings is 1. The van der Waals surface area contributed by atoms with Gasteiger partial charge >= 0.3 is 0 Å². The number of carbonyl (C=O) groups is 1. The molecule has 112 valence electrons. The summed E-state index contributed by atoms with van der Waals surface area (Å²) in [6.07, 6.45) is 0. The highest BCUT2D eigenvalue weighted by molar-refractivity contribution is 7.85. The molecule has 3 N–H and O–H groups in total. The number of nitrogens with two attached hydrogens (primary N) is 1. The summed E-state index contributed by atoms with van der Waals surface area (Å²) in [5, 5.41) is 0.303. The Balaban J connectivity index is 1.72. The van der Waals surface area contributed by atoms with Crippen molar-refractivity contribution < 1.29 is 13.7 Å². The third kappa shape index (κ3) is 3.06. The zero-order valence-electron chi connectivity index (χ0n) is 11.4. The SMILES string of the molecule is Nc1ccc2nc(S(=O)CC(=O)N3CCOCC3)[nH]c2c1. The quantitative estimate of drug-likeness (QED) is 0.784. The maximum Gasteiger partial charge on any atom is 0.235 e. The van der Waals surface area contributed by atoms with E-state index in [9.17, 15) is 9.00 Å². The number of rotatable bonds is 3. The number of morpholine rings is 1. The van der Waals surface area contributed by atoms with Crippen LogP contribution in [0.15, 0.2) is 23.4 Å². The average molecular weight is 308 g/mol. The molecule has 1 saturated heterocycles. The fourth-order valence-corrected chi connectivity index (χ4v) is 3.16. The number of ether oxygens (including phenoxy) is 1. The smallest absolute Gasteiger partial charge is 0.235 e. The van der Waals surface area contributed by atoms with Gasteiger partial charge in [0.2, 0.25) is 5.91 Å². The number of carbonyl (C=O) groups excluding carboxylic acids is 1. The van der Waals surface area contributed by atoms with Gasteiger partial charge in [-0.05, 0) is 18.2 Å². The lowest BCUT2D eigenvalue weighted by Gasteiger charge is -2.26. The molecule has 8 heteroatoms. The average Bonchev–Trinajstić information content (AvgIpc) is 2.91. The van der Waals surface area contributed by atoms with Crippen molar-refractivity contribution in [2.24, 2.45) is 0 Å². The minimum Gasteiger partial charge on any atom is -0.399 e. The van der Waals surface area contributed by atoms with E-state index in [1.807, 2.05) is 0 Å². The Labute approximate surface area is 123 Å². The first-order valence-electron chi connectivity index (χ1n) is 6.62. The zero-order chi connectivity index (χ0) is 14.8. The van der Waals surface area contributed by atoms with Gasteiger partial charge in [-0.25, -0.2) is 4.98 Å². The van der Waals surface area contributed by atoms with Gasteiger partial charge in [-0.15, -0.1) is 0 Å². The molecule has 21 heavy (non-hydrogen) atoms. The maximum absolute atomic E-state index is 12.3. The van der Waals surface area contributed by atoms with Gasteiger partial charge in [-0.3, -0.25) is 9.00 Å². The van der Waals surface area contributed by atoms with Crippen molar-refractivity contribution in [1.29, 1.82) is 0 Å². The number of aromatic amines is 1. The van der Waals surface area contributed by atoms with Gasteiger partial charge in [0.25, 0.3) is 0 Å². The molecule has 0 radical (unpaired) electrons. The van der Waals surface area contributed by atoms with E-state index in [0.29, 0.717) is 42.7 Å². The number of nitrogens with one attached hydrogen (secondary N) is 1. The maximum atomic E-state index is 12.3. The van der Waals surface area contributed by atoms with E-state index < -0.39 is 10.8 Å². The van der Waals surface area contributed by atoms with Gasteiger partial charge in [0.1, 0.15) is 5.75 Å². The first kappa shape index (κ1) is 14.0. The fourth-order valence-electron chi connectivity index (χ4n) is 2.20. The van der Waals surface area contributed by atoms with E-state index in [4.69, 9.17) is 10.5 Å². The monoisotopic (exact) mass is 308 g/mol. The molecule has 1 aliphatic rings. The van der Waals surface area contributed by atoms with Crippen molar-refractivity contribution in [1.82, 2.24) is 14.9 Å². The highest BCUT2D eigenvalue weighted by atomic mass is 32.2. The predicted molar refractivity (Wildman–Crippen MR) is 79.2 cm³/mol. The van der Waals surface area contributed by atoms with Crippen LogP contribution in [0, 0.1) is 0 Å². The summed E-state index contributed by atoms with van der Waals surface area (Å²) in [5.41, 5.74) is 7.70. The molecule has 1 amide bonds. The molecule has 0 spiro atoms. The molecule has 0 bridgehead atoms. The molecule has 2 aromatic rings. The Bertz CT molecular complexity index is 694. The summed E-state index contributed by atoms with van der Waals surface area (Å²) in [6.45, 7) is 2.16. The fraction of sp³-hybridized carbons (Fsp3) is 0.385. The second kappa shape index (κ2) is 5.82. The van der Waals surface area contributed by atoms with Gasteiger partial charge in [0.05, 0.1) is 35.0 Å². The summed E-state index contributed by atoms with van der Waals surface area (Å²) in [4.78, 5) is 20.9. The number of anilines is 1. The molecule has 7 nitrogen and oxygen atoms in total. The summed E-state index contributed by atoms with van der Waals surface area (Å²) in [5.74, 6) is -0.216. The second-order valence-corrected chi connectivity index (χ2v) is 6.17. The van der Waals surface area contributed by atoms with E-state index in [1.54, 1.807) is 23.1 Å². The number of hydrogen-bond acceptors (Lipinski definition) is 5. The first-order chi connectivity index (χ1) is 10.1. The van der Waals surface area contributed by atoms with E-state index in [2.05, 4.69) is 9.97 Å². The van der Waals surface area contributed by atoms with Crippen molar-refractivity contribution >= 4 is 33.4 Å². The Hall–Kier alpha value is -1.93. The van der Waals surface area contributed by atoms with Crippen LogP contribution in [0.2, 0.25) is 0 Å². The molecule has 1 aromatic heterocycles. The molecular formula is C13H16N4O3S. The van der Waals surface area contributed by atoms with E-state index in [-0.39, 0.29) is 11.7 Å². The third-order valence-electron chi connectivity index (χ3n) is 3.32. The predicted octanol–water partition coefficient (Wildman–Crippen LogP) is 0.112. The Morgan fingerprint density at radius 3 is 2.95 bits per heavy atom. The van der Waals surface area contributed by atoms with Crippen molar-refractivity contribution in [3.8, 4) is 0 Å². The minimum absolute atomic E-state index is 0.0741. The number of nitrogens with zero attached hydrogens (tertiary/aromatic N) is 2. The largest absolute Gasteiger partial charge is 0.399 e. The minimum atomic E-state index is -1.49. The molecule has 1 unspecified atom stereocenters. The first-order valence-corrected chi connectivity index (χ1v) is 7.94. The zero-order valence-corrected chi connectivity index (χ0v) is 12.2. The molecule has 0 aliphatic carbocycles. The highest BCUT2D eigenvalue weighted by Gasteiger charge is 2.21. The van der Waals surface area contributed by atoms with Crippen molar-refractivity contribution in [3.63, 3.8) is 0 Å². The molecule has 1 fully saturated rings. The van der Waals surface area contributed by atoms with Crippen molar-refractivity contribution in [3.05, 3.63) is 18.2 Å². The van der Waals surface area contributed by atoms with Crippen LogP contribution in [0.4, 0.5) is 5.69 Å². The van der Waals surface area contributed by atoms with Gasteiger partial charge in [-0.1, -0.05) is 0 Å². The van der Waals surface area contributed by atoms with Crippen LogP contribution >= 0.6 is 0 Å². The number of H-pyrrole nitrogens is 1. The second-order valence-electron chi connectivity index (χ2n) is 4.80. The Morgan fingerprint density at radius 1 is 1.43 bits per heavy atom. The molecular weight excluding hydrogens is 292 g/mol. The Kier molecular flexibility index (Phi) is 3.89. The normalized spacial score (nSPS) is 17.0. The number of nitrogen functional groups attached to an aromatic ring is 1. The number of aromatic nitrogens is 2. The third-order valence-corrected chi connectivity index (χ3v) is 4.45. The van der Waals surface area contributed by atoms with Crippen LogP contribution in [0.25, 0.3) is 11.0 Å². The molecule has 1 aliphatic heterocycles. The summed E-state index contributed by atoms with van der Waals surface area (Å²) < 4.78 is 17.5. The van der Waals surface area contributed by atoms with Crippen LogP contribution in [-0.2, 0) is 20.3 Å². The number of fused-ring (bicyclic) bond motifs is 1. The molecule has 1 aromatic carbocycles. The number of amides is 1. The van der Waals surface area contributed by atoms with E-state index >= 15 is 0 Å². The topological polar surface area (TPSA) is 101 Å². The Morgan fingerprint density at radius 2 is 2.19 bits per heavy atom. The van der Waals surface area contributed by atoms with Crippen molar-refractivity contribution in [2.75, 3.05) is 37.8 Å². The molecule has 3 rings (SSSR count). The van der Waals surface area contributed by atoms with E-state index in [0.717, 1.165) is 5.52 Å². The van der Waals surface area contributed by atoms with Crippen LogP contribution in [-0.4, -0.2) is 57.0 Å². The number of imidazole rings is 1. The van der Waals surface area contributed by atoms with Crippen molar-refractivity contribution in [2.45, 2.75) is 5.16 Å². The molecule has 2 heterocycles. The summed E-state index contributed by atoms with van der Waals surface area (Å²) >= 11 is 0. The molecule has 0 saturated carbocycles. The summed E-state index contributed by atoms with van der Waals surface area (Å²) in [7, 11) is -1.49. The summed E-state index contributed by atoms with van der Waals surface area (Å²) in [6, 6.07) is 5.22. The van der Waals surface area contributed by atoms with Crippen LogP contribution in [0.5, 0.6) is 0 Å². The lowest BCUT2D eigenvalue weighted by atomic mass is 10.3. The van der Waals surface area contributed by atoms with Crippen LogP contribution in [0.3, 0.4) is 0 Å². The van der Waals surface area contributed by atoms with Gasteiger partial charge < -0.3 is 20.4 Å².